The first-order valence-electron chi connectivity index (χ1n) is 8.51. The summed E-state index contributed by atoms with van der Waals surface area (Å²) in [5, 5.41) is 11.0. The van der Waals surface area contributed by atoms with Gasteiger partial charge in [0, 0.05) is 36.8 Å². The second-order valence-corrected chi connectivity index (χ2v) is 6.60. The lowest BCUT2D eigenvalue weighted by Gasteiger charge is -2.38. The van der Waals surface area contributed by atoms with Crippen molar-refractivity contribution in [1.82, 2.24) is 4.98 Å². The van der Waals surface area contributed by atoms with Crippen LogP contribution in [0.3, 0.4) is 0 Å². The van der Waals surface area contributed by atoms with Crippen molar-refractivity contribution in [3.8, 4) is 6.07 Å². The van der Waals surface area contributed by atoms with E-state index in [0.717, 1.165) is 16.6 Å². The summed E-state index contributed by atoms with van der Waals surface area (Å²) in [5.74, 6) is -0.541. The molecule has 6 nitrogen and oxygen atoms in total. The minimum atomic E-state index is -0.309. The quantitative estimate of drug-likeness (QED) is 0.766. The summed E-state index contributed by atoms with van der Waals surface area (Å²) in [6.45, 7) is 3.24. The molecule has 0 N–H and O–H groups in total. The molecular weight excluding hydrogens is 354 g/mol. The summed E-state index contributed by atoms with van der Waals surface area (Å²) in [6.07, 6.45) is 1.86. The number of rotatable bonds is 4. The normalized spacial score (nSPS) is 20.0. The fourth-order valence-electron chi connectivity index (χ4n) is 3.45. The van der Waals surface area contributed by atoms with Gasteiger partial charge in [-0.05, 0) is 31.5 Å². The number of aromatic nitrogens is 1. The Morgan fingerprint density at radius 1 is 1.50 bits per heavy atom. The maximum absolute atomic E-state index is 12.2. The molecule has 1 saturated heterocycles. The van der Waals surface area contributed by atoms with Gasteiger partial charge in [-0.2, -0.15) is 5.26 Å². The highest BCUT2D eigenvalue weighted by atomic mass is 35.5. The average Bonchev–Trinajstić information content (AvgIpc) is 2.66. The van der Waals surface area contributed by atoms with Crippen LogP contribution in [0.4, 0.5) is 5.69 Å². The number of fused-ring (bicyclic) bond motifs is 1. The highest BCUT2D eigenvalue weighted by molar-refractivity contribution is 6.31. The molecule has 1 fully saturated rings. The lowest BCUT2D eigenvalue weighted by Crippen LogP contribution is -2.48. The van der Waals surface area contributed by atoms with E-state index in [-0.39, 0.29) is 18.0 Å². The second-order valence-electron chi connectivity index (χ2n) is 6.16. The highest BCUT2D eigenvalue weighted by Gasteiger charge is 2.36. The van der Waals surface area contributed by atoms with Crippen molar-refractivity contribution in [2.24, 2.45) is 5.92 Å². The van der Waals surface area contributed by atoms with E-state index in [1.165, 1.54) is 0 Å². The summed E-state index contributed by atoms with van der Waals surface area (Å²) >= 11 is 6.17. The Morgan fingerprint density at radius 2 is 2.31 bits per heavy atom. The molecule has 2 heterocycles. The van der Waals surface area contributed by atoms with Crippen molar-refractivity contribution in [2.75, 3.05) is 31.7 Å². The van der Waals surface area contributed by atoms with E-state index in [1.54, 1.807) is 26.3 Å². The third-order valence-electron chi connectivity index (χ3n) is 4.69. The van der Waals surface area contributed by atoms with E-state index in [1.807, 2.05) is 12.1 Å². The Kier molecular flexibility index (Phi) is 5.60. The smallest absolute Gasteiger partial charge is 0.311 e. The Balaban J connectivity index is 1.98. The van der Waals surface area contributed by atoms with Crippen LogP contribution in [0.5, 0.6) is 0 Å². The first-order valence-corrected chi connectivity index (χ1v) is 8.89. The average molecular weight is 374 g/mol. The van der Waals surface area contributed by atoms with Gasteiger partial charge in [-0.15, -0.1) is 0 Å². The molecule has 0 aliphatic carbocycles. The number of nitrogens with zero attached hydrogens (tertiary/aromatic N) is 3. The zero-order valence-corrected chi connectivity index (χ0v) is 15.5. The van der Waals surface area contributed by atoms with Crippen LogP contribution in [-0.2, 0) is 14.3 Å². The van der Waals surface area contributed by atoms with Crippen LogP contribution >= 0.6 is 11.6 Å². The molecule has 0 bridgehead atoms. The predicted molar refractivity (Wildman–Crippen MR) is 99.2 cm³/mol. The minimum absolute atomic E-state index is 0.234. The minimum Gasteiger partial charge on any atom is -0.466 e. The Morgan fingerprint density at radius 3 is 3.00 bits per heavy atom. The van der Waals surface area contributed by atoms with Gasteiger partial charge in [0.25, 0.3) is 0 Å². The first-order chi connectivity index (χ1) is 12.6. The number of nitriles is 1. The van der Waals surface area contributed by atoms with Gasteiger partial charge in [0.2, 0.25) is 0 Å². The number of ether oxygens (including phenoxy) is 2. The molecule has 1 aliphatic rings. The van der Waals surface area contributed by atoms with E-state index in [9.17, 15) is 10.1 Å². The molecular formula is C19H20ClN3O3. The van der Waals surface area contributed by atoms with Crippen LogP contribution in [0.25, 0.3) is 10.9 Å². The molecule has 2 aromatic rings. The summed E-state index contributed by atoms with van der Waals surface area (Å²) < 4.78 is 10.7. The van der Waals surface area contributed by atoms with E-state index in [4.69, 9.17) is 21.1 Å². The monoisotopic (exact) mass is 373 g/mol. The van der Waals surface area contributed by atoms with Crippen LogP contribution in [-0.4, -0.2) is 43.9 Å². The zero-order chi connectivity index (χ0) is 18.7. The number of hydrogen-bond acceptors (Lipinski definition) is 6. The molecule has 0 amide bonds. The van der Waals surface area contributed by atoms with Crippen LogP contribution in [0, 0.1) is 17.2 Å². The van der Waals surface area contributed by atoms with Gasteiger partial charge in [-0.25, -0.2) is 0 Å². The summed E-state index contributed by atoms with van der Waals surface area (Å²) in [5.41, 5.74) is 2.03. The topological polar surface area (TPSA) is 75.5 Å². The van der Waals surface area contributed by atoms with E-state index >= 15 is 0 Å². The number of halogens is 1. The number of methoxy groups -OCH3 is 1. The highest BCUT2D eigenvalue weighted by Crippen LogP contribution is 2.34. The molecule has 26 heavy (non-hydrogen) atoms. The molecule has 1 aliphatic heterocycles. The largest absolute Gasteiger partial charge is 0.466 e. The van der Waals surface area contributed by atoms with Crippen LogP contribution in [0.1, 0.15) is 18.9 Å². The zero-order valence-electron chi connectivity index (χ0n) is 14.7. The summed E-state index contributed by atoms with van der Waals surface area (Å²) in [7, 11) is 1.59. The molecule has 1 aromatic carbocycles. The number of pyridine rings is 1. The van der Waals surface area contributed by atoms with Gasteiger partial charge in [-0.3, -0.25) is 9.78 Å². The van der Waals surface area contributed by atoms with Gasteiger partial charge in [-0.1, -0.05) is 11.6 Å². The third kappa shape index (κ3) is 3.46. The molecule has 1 aromatic heterocycles. The van der Waals surface area contributed by atoms with Gasteiger partial charge < -0.3 is 14.4 Å². The molecule has 3 rings (SSSR count). The van der Waals surface area contributed by atoms with Crippen molar-refractivity contribution in [1.29, 1.82) is 5.26 Å². The number of hydrogen-bond donors (Lipinski definition) is 0. The number of carbonyl (C=O) groups excluding carboxylic acids is 1. The predicted octanol–water partition coefficient (Wildman–Crippen LogP) is 3.16. The Hall–Kier alpha value is -2.36. The molecule has 0 spiro atoms. The Labute approximate surface area is 157 Å². The number of piperidine rings is 1. The number of benzene rings is 1. The van der Waals surface area contributed by atoms with Gasteiger partial charge in [0.05, 0.1) is 35.4 Å². The van der Waals surface area contributed by atoms with Crippen molar-refractivity contribution >= 4 is 34.2 Å². The first kappa shape index (κ1) is 18.4. The van der Waals surface area contributed by atoms with Crippen molar-refractivity contribution in [3.05, 3.63) is 35.0 Å². The maximum atomic E-state index is 12.2. The number of anilines is 1. The molecule has 136 valence electrons. The summed E-state index contributed by atoms with van der Waals surface area (Å²) in [6, 6.07) is 7.64. The maximum Gasteiger partial charge on any atom is 0.311 e. The van der Waals surface area contributed by atoms with E-state index in [2.05, 4.69) is 16.0 Å². The lowest BCUT2D eigenvalue weighted by molar-refractivity contribution is -0.153. The molecule has 0 saturated carbocycles. The van der Waals surface area contributed by atoms with Crippen LogP contribution in [0.15, 0.2) is 24.4 Å². The van der Waals surface area contributed by atoms with Gasteiger partial charge >= 0.3 is 5.97 Å². The van der Waals surface area contributed by atoms with E-state index < -0.39 is 0 Å². The SMILES string of the molecule is CCOC(=O)C1CCN(c2c(C#N)cnc3ccc(Cl)cc23)CC1OC. The van der Waals surface area contributed by atoms with Crippen molar-refractivity contribution in [3.63, 3.8) is 0 Å². The molecule has 2 unspecified atom stereocenters. The van der Waals surface area contributed by atoms with Gasteiger partial charge in [0.15, 0.2) is 0 Å². The third-order valence-corrected chi connectivity index (χ3v) is 4.92. The fourth-order valence-corrected chi connectivity index (χ4v) is 3.62. The van der Waals surface area contributed by atoms with Crippen molar-refractivity contribution < 1.29 is 14.3 Å². The molecule has 0 radical (unpaired) electrons. The number of esters is 1. The van der Waals surface area contributed by atoms with Gasteiger partial charge in [0.1, 0.15) is 6.07 Å². The Bertz CT molecular complexity index is 865. The van der Waals surface area contributed by atoms with Crippen LogP contribution in [0.2, 0.25) is 5.02 Å². The van der Waals surface area contributed by atoms with E-state index in [0.29, 0.717) is 36.7 Å². The fraction of sp³-hybridized carbons (Fsp3) is 0.421. The second kappa shape index (κ2) is 7.90. The van der Waals surface area contributed by atoms with Crippen LogP contribution < -0.4 is 4.90 Å². The van der Waals surface area contributed by atoms with Crippen molar-refractivity contribution in [2.45, 2.75) is 19.4 Å². The molecule has 2 atom stereocenters. The summed E-state index contributed by atoms with van der Waals surface area (Å²) in [4.78, 5) is 18.6. The molecule has 7 heteroatoms. The number of carbonyl (C=O) groups is 1. The lowest BCUT2D eigenvalue weighted by atomic mass is 9.92. The standard InChI is InChI=1S/C19H20ClN3O3/c1-3-26-19(24)14-6-7-23(11-17(14)25-2)18-12(9-21)10-22-16-5-4-13(20)8-15(16)18/h4-5,8,10,14,17H,3,6-7,11H2,1-2H3.